The molecule has 0 unspecified atom stereocenters. The summed E-state index contributed by atoms with van der Waals surface area (Å²) in [7, 11) is 0. The average Bonchev–Trinajstić information content (AvgIpc) is 2.60. The minimum Gasteiger partial charge on any atom is -0.468 e. The van der Waals surface area contributed by atoms with Crippen LogP contribution in [0.4, 0.5) is 0 Å². The zero-order chi connectivity index (χ0) is 11.1. The van der Waals surface area contributed by atoms with E-state index in [0.717, 1.165) is 16.4 Å². The standard InChI is InChI=1S/C11H14O3S/c1-3-13-11(12)5-4-8-15-10-6-7-14-9(10)2/h4-7H,3,8H2,1-2H3/b5-4+. The van der Waals surface area contributed by atoms with Crippen molar-refractivity contribution in [3.8, 4) is 0 Å². The van der Waals surface area contributed by atoms with Crippen LogP contribution in [0.25, 0.3) is 0 Å². The summed E-state index contributed by atoms with van der Waals surface area (Å²) in [5.41, 5.74) is 0. The van der Waals surface area contributed by atoms with Gasteiger partial charge >= 0.3 is 5.97 Å². The van der Waals surface area contributed by atoms with E-state index in [1.54, 1.807) is 31.0 Å². The number of esters is 1. The maximum absolute atomic E-state index is 10.9. The summed E-state index contributed by atoms with van der Waals surface area (Å²) in [4.78, 5) is 12.0. The number of ether oxygens (including phenoxy) is 1. The van der Waals surface area contributed by atoms with Gasteiger partial charge in [0.25, 0.3) is 0 Å². The third kappa shape index (κ3) is 4.25. The van der Waals surface area contributed by atoms with Crippen LogP contribution in [0.1, 0.15) is 12.7 Å². The fourth-order valence-electron chi connectivity index (χ4n) is 0.996. The van der Waals surface area contributed by atoms with Crippen molar-refractivity contribution in [3.63, 3.8) is 0 Å². The van der Waals surface area contributed by atoms with Crippen molar-refractivity contribution in [2.75, 3.05) is 12.4 Å². The number of furan rings is 1. The Morgan fingerprint density at radius 1 is 1.67 bits per heavy atom. The van der Waals surface area contributed by atoms with Crippen LogP contribution in [0.2, 0.25) is 0 Å². The van der Waals surface area contributed by atoms with Gasteiger partial charge in [-0.25, -0.2) is 4.79 Å². The Bertz CT molecular complexity index is 341. The Labute approximate surface area is 93.5 Å². The van der Waals surface area contributed by atoms with Gasteiger partial charge in [0.1, 0.15) is 5.76 Å². The maximum Gasteiger partial charge on any atom is 0.330 e. The first-order valence-electron chi connectivity index (χ1n) is 4.74. The fourth-order valence-corrected chi connectivity index (χ4v) is 1.77. The minimum absolute atomic E-state index is 0.290. The number of hydrogen-bond acceptors (Lipinski definition) is 4. The van der Waals surface area contributed by atoms with Gasteiger partial charge in [0.2, 0.25) is 0 Å². The molecule has 1 aromatic heterocycles. The highest BCUT2D eigenvalue weighted by Crippen LogP contribution is 2.22. The molecule has 15 heavy (non-hydrogen) atoms. The smallest absolute Gasteiger partial charge is 0.330 e. The molecule has 0 aliphatic carbocycles. The quantitative estimate of drug-likeness (QED) is 0.439. The van der Waals surface area contributed by atoms with Crippen LogP contribution in [0.3, 0.4) is 0 Å². The van der Waals surface area contributed by atoms with Crippen LogP contribution in [0.5, 0.6) is 0 Å². The van der Waals surface area contributed by atoms with Gasteiger partial charge < -0.3 is 9.15 Å². The van der Waals surface area contributed by atoms with Gasteiger partial charge in [-0.15, -0.1) is 11.8 Å². The highest BCUT2D eigenvalue weighted by atomic mass is 32.2. The van der Waals surface area contributed by atoms with Crippen molar-refractivity contribution in [3.05, 3.63) is 30.2 Å². The normalized spacial score (nSPS) is 10.8. The first-order valence-corrected chi connectivity index (χ1v) is 5.72. The van der Waals surface area contributed by atoms with E-state index in [1.165, 1.54) is 6.08 Å². The van der Waals surface area contributed by atoms with Crippen LogP contribution >= 0.6 is 11.8 Å². The molecule has 0 radical (unpaired) electrons. The molecule has 0 N–H and O–H groups in total. The lowest BCUT2D eigenvalue weighted by Gasteiger charge is -1.95. The Hall–Kier alpha value is -1.16. The van der Waals surface area contributed by atoms with E-state index in [1.807, 2.05) is 13.0 Å². The molecule has 4 heteroatoms. The molecule has 82 valence electrons. The van der Waals surface area contributed by atoms with Crippen LogP contribution < -0.4 is 0 Å². The lowest BCUT2D eigenvalue weighted by Crippen LogP contribution is -1.98. The van der Waals surface area contributed by atoms with Gasteiger partial charge in [0.05, 0.1) is 12.9 Å². The zero-order valence-corrected chi connectivity index (χ0v) is 9.67. The molecule has 0 atom stereocenters. The van der Waals surface area contributed by atoms with Gasteiger partial charge in [-0.1, -0.05) is 6.08 Å². The minimum atomic E-state index is -0.290. The molecule has 0 aromatic carbocycles. The number of carbonyl (C=O) groups is 1. The van der Waals surface area contributed by atoms with Gasteiger partial charge in [-0.3, -0.25) is 0 Å². The monoisotopic (exact) mass is 226 g/mol. The Morgan fingerprint density at radius 2 is 2.47 bits per heavy atom. The maximum atomic E-state index is 10.9. The van der Waals surface area contributed by atoms with Crippen molar-refractivity contribution in [2.24, 2.45) is 0 Å². The van der Waals surface area contributed by atoms with Gasteiger partial charge in [0.15, 0.2) is 0 Å². The van der Waals surface area contributed by atoms with Gasteiger partial charge in [-0.2, -0.15) is 0 Å². The first-order chi connectivity index (χ1) is 7.24. The molecule has 1 aromatic rings. The van der Waals surface area contributed by atoms with E-state index in [0.29, 0.717) is 6.61 Å². The molecule has 1 rings (SSSR count). The summed E-state index contributed by atoms with van der Waals surface area (Å²) in [6, 6.07) is 1.91. The summed E-state index contributed by atoms with van der Waals surface area (Å²) in [6.07, 6.45) is 4.90. The van der Waals surface area contributed by atoms with Crippen molar-refractivity contribution >= 4 is 17.7 Å². The molecular weight excluding hydrogens is 212 g/mol. The molecule has 0 aliphatic rings. The number of rotatable bonds is 5. The molecule has 1 heterocycles. The largest absolute Gasteiger partial charge is 0.468 e. The highest BCUT2D eigenvalue weighted by Gasteiger charge is 1.99. The topological polar surface area (TPSA) is 39.4 Å². The van der Waals surface area contributed by atoms with Crippen LogP contribution in [0.15, 0.2) is 33.8 Å². The predicted octanol–water partition coefficient (Wildman–Crippen LogP) is 2.80. The van der Waals surface area contributed by atoms with Crippen molar-refractivity contribution < 1.29 is 13.9 Å². The van der Waals surface area contributed by atoms with E-state index >= 15 is 0 Å². The lowest BCUT2D eigenvalue weighted by molar-refractivity contribution is -0.137. The highest BCUT2D eigenvalue weighted by molar-refractivity contribution is 7.99. The van der Waals surface area contributed by atoms with E-state index < -0.39 is 0 Å². The molecule has 3 nitrogen and oxygen atoms in total. The lowest BCUT2D eigenvalue weighted by atomic mass is 10.5. The van der Waals surface area contributed by atoms with Crippen LogP contribution in [-0.4, -0.2) is 18.3 Å². The Balaban J connectivity index is 2.27. The molecule has 0 saturated heterocycles. The van der Waals surface area contributed by atoms with E-state index in [-0.39, 0.29) is 5.97 Å². The Kier molecular flexibility index (Phi) is 5.04. The SMILES string of the molecule is CCOC(=O)/C=C/CSc1ccoc1C. The number of carbonyl (C=O) groups excluding carboxylic acids is 1. The van der Waals surface area contributed by atoms with Gasteiger partial charge in [-0.05, 0) is 19.9 Å². The molecule has 0 saturated carbocycles. The van der Waals surface area contributed by atoms with Crippen molar-refractivity contribution in [1.29, 1.82) is 0 Å². The predicted molar refractivity (Wildman–Crippen MR) is 59.9 cm³/mol. The van der Waals surface area contributed by atoms with Gasteiger partial charge in [0, 0.05) is 16.7 Å². The summed E-state index contributed by atoms with van der Waals surface area (Å²) in [5.74, 6) is 1.35. The van der Waals surface area contributed by atoms with Crippen LogP contribution in [0, 0.1) is 6.92 Å². The molecule has 0 spiro atoms. The molecule has 0 amide bonds. The first kappa shape index (κ1) is 11.9. The van der Waals surface area contributed by atoms with E-state index in [4.69, 9.17) is 9.15 Å². The van der Waals surface area contributed by atoms with Crippen LogP contribution in [-0.2, 0) is 9.53 Å². The summed E-state index contributed by atoms with van der Waals surface area (Å²) in [5, 5.41) is 0. The number of hydrogen-bond donors (Lipinski definition) is 0. The second-order valence-electron chi connectivity index (χ2n) is 2.81. The summed E-state index contributed by atoms with van der Waals surface area (Å²) < 4.78 is 9.89. The zero-order valence-electron chi connectivity index (χ0n) is 8.86. The van der Waals surface area contributed by atoms with E-state index in [2.05, 4.69) is 0 Å². The summed E-state index contributed by atoms with van der Waals surface area (Å²) >= 11 is 1.63. The third-order valence-electron chi connectivity index (χ3n) is 1.69. The van der Waals surface area contributed by atoms with Crippen molar-refractivity contribution in [2.45, 2.75) is 18.7 Å². The second kappa shape index (κ2) is 6.35. The second-order valence-corrected chi connectivity index (χ2v) is 3.87. The molecule has 0 aliphatic heterocycles. The average molecular weight is 226 g/mol. The molecule has 0 fully saturated rings. The third-order valence-corrected chi connectivity index (χ3v) is 2.78. The Morgan fingerprint density at radius 3 is 3.07 bits per heavy atom. The van der Waals surface area contributed by atoms with Crippen molar-refractivity contribution in [1.82, 2.24) is 0 Å². The number of aryl methyl sites for hydroxylation is 1. The van der Waals surface area contributed by atoms with E-state index in [9.17, 15) is 4.79 Å². The molecular formula is C11H14O3S. The molecule has 0 bridgehead atoms. The fraction of sp³-hybridized carbons (Fsp3) is 0.364. The number of thioether (sulfide) groups is 1. The summed E-state index contributed by atoms with van der Waals surface area (Å²) in [6.45, 7) is 4.11.